The third-order valence-electron chi connectivity index (χ3n) is 7.95. The Morgan fingerprint density at radius 1 is 1.38 bits per heavy atom. The number of fused-ring (bicyclic) bond motifs is 1. The SMILES string of the molecule is CCC(C)N(/C=C(\C)C(=O)O)c1c(C=O)c(C)c(F)c(N2CCCc3cc(N4CC(C#N)OC4=O)ccc3C2)c1OC. The number of hydrogen-bond donors (Lipinski definition) is 1. The lowest BCUT2D eigenvalue weighted by atomic mass is 10.00. The van der Waals surface area contributed by atoms with Crippen LogP contribution in [0.25, 0.3) is 0 Å². The van der Waals surface area contributed by atoms with Crippen molar-refractivity contribution >= 4 is 35.4 Å². The van der Waals surface area contributed by atoms with Crippen molar-refractivity contribution in [2.45, 2.75) is 65.6 Å². The average Bonchev–Trinajstić information content (AvgIpc) is 3.23. The largest absolute Gasteiger partial charge is 0.492 e. The number of carbonyl (C=O) groups is 3. The van der Waals surface area contributed by atoms with Gasteiger partial charge < -0.3 is 24.4 Å². The Kier molecular flexibility index (Phi) is 9.05. The molecule has 4 rings (SSSR count). The highest BCUT2D eigenvalue weighted by atomic mass is 19.1. The normalized spacial score (nSPS) is 17.6. The van der Waals surface area contributed by atoms with E-state index < -0.39 is 24.0 Å². The summed E-state index contributed by atoms with van der Waals surface area (Å²) in [5, 5.41) is 18.7. The van der Waals surface area contributed by atoms with Crippen LogP contribution in [0.15, 0.2) is 30.0 Å². The first-order chi connectivity index (χ1) is 20.1. The number of aliphatic carboxylic acids is 1. The summed E-state index contributed by atoms with van der Waals surface area (Å²) in [5.41, 5.74) is 3.36. The van der Waals surface area contributed by atoms with E-state index in [1.54, 1.807) is 11.0 Å². The summed E-state index contributed by atoms with van der Waals surface area (Å²) in [6.07, 6.45) is 2.61. The zero-order chi connectivity index (χ0) is 30.7. The molecular weight excluding hydrogens is 543 g/mol. The number of carboxylic acid groups (broad SMARTS) is 1. The first-order valence-electron chi connectivity index (χ1n) is 13.9. The van der Waals surface area contributed by atoms with Crippen LogP contribution in [0.2, 0.25) is 0 Å². The van der Waals surface area contributed by atoms with Crippen LogP contribution in [0, 0.1) is 24.1 Å². The number of aryl methyl sites for hydroxylation is 1. The van der Waals surface area contributed by atoms with Crippen LogP contribution in [-0.4, -0.2) is 55.8 Å². The number of ether oxygens (including phenoxy) is 2. The topological polar surface area (TPSA) is 123 Å². The number of cyclic esters (lactones) is 1. The molecule has 10 nitrogen and oxygen atoms in total. The maximum absolute atomic E-state index is 16.2. The molecule has 2 unspecified atom stereocenters. The predicted molar refractivity (Wildman–Crippen MR) is 156 cm³/mol. The number of carboxylic acids is 1. The van der Waals surface area contributed by atoms with Gasteiger partial charge in [-0.3, -0.25) is 9.69 Å². The highest BCUT2D eigenvalue weighted by molar-refractivity contribution is 5.95. The van der Waals surface area contributed by atoms with E-state index in [-0.39, 0.29) is 40.7 Å². The molecule has 1 fully saturated rings. The van der Waals surface area contributed by atoms with Crippen molar-refractivity contribution < 1.29 is 33.4 Å². The van der Waals surface area contributed by atoms with Crippen molar-refractivity contribution in [1.82, 2.24) is 0 Å². The van der Waals surface area contributed by atoms with Gasteiger partial charge >= 0.3 is 12.1 Å². The van der Waals surface area contributed by atoms with Crippen molar-refractivity contribution in [1.29, 1.82) is 5.26 Å². The van der Waals surface area contributed by atoms with E-state index >= 15 is 4.39 Å². The third-order valence-corrected chi connectivity index (χ3v) is 7.95. The number of nitrogens with zero attached hydrogens (tertiary/aromatic N) is 4. The fraction of sp³-hybridized carbons (Fsp3) is 0.419. The lowest BCUT2D eigenvalue weighted by molar-refractivity contribution is -0.132. The number of methoxy groups -OCH3 is 1. The molecule has 0 spiro atoms. The quantitative estimate of drug-likeness (QED) is 0.310. The van der Waals surface area contributed by atoms with Gasteiger partial charge in [0.2, 0.25) is 6.10 Å². The second-order valence-corrected chi connectivity index (χ2v) is 10.6. The van der Waals surface area contributed by atoms with Gasteiger partial charge in [-0.2, -0.15) is 5.26 Å². The molecule has 2 aliphatic heterocycles. The van der Waals surface area contributed by atoms with Crippen LogP contribution in [-0.2, 0) is 22.5 Å². The second kappa shape index (κ2) is 12.5. The Morgan fingerprint density at radius 2 is 2.12 bits per heavy atom. The Morgan fingerprint density at radius 3 is 2.71 bits per heavy atom. The number of benzene rings is 2. The molecule has 222 valence electrons. The minimum Gasteiger partial charge on any atom is -0.492 e. The second-order valence-electron chi connectivity index (χ2n) is 10.6. The first-order valence-corrected chi connectivity index (χ1v) is 13.9. The highest BCUT2D eigenvalue weighted by Crippen LogP contribution is 2.47. The zero-order valence-electron chi connectivity index (χ0n) is 24.4. The first kappa shape index (κ1) is 30.4. The van der Waals surface area contributed by atoms with Crippen LogP contribution in [0.3, 0.4) is 0 Å². The lowest BCUT2D eigenvalue weighted by Gasteiger charge is -2.34. The highest BCUT2D eigenvalue weighted by Gasteiger charge is 2.34. The number of carbonyl (C=O) groups excluding carboxylic acids is 2. The molecule has 2 aliphatic rings. The molecule has 11 heteroatoms. The fourth-order valence-corrected chi connectivity index (χ4v) is 5.40. The van der Waals surface area contributed by atoms with Crippen molar-refractivity contribution in [2.75, 3.05) is 34.9 Å². The van der Waals surface area contributed by atoms with Crippen LogP contribution < -0.4 is 19.4 Å². The van der Waals surface area contributed by atoms with Gasteiger partial charge in [-0.05, 0) is 68.9 Å². The summed E-state index contributed by atoms with van der Waals surface area (Å²) in [6.45, 7) is 7.80. The third kappa shape index (κ3) is 5.62. The van der Waals surface area contributed by atoms with Gasteiger partial charge in [-0.1, -0.05) is 13.0 Å². The van der Waals surface area contributed by atoms with Gasteiger partial charge in [0.15, 0.2) is 17.9 Å². The van der Waals surface area contributed by atoms with E-state index in [0.717, 1.165) is 11.1 Å². The molecule has 2 aromatic carbocycles. The van der Waals surface area contributed by atoms with Crippen molar-refractivity contribution in [3.63, 3.8) is 0 Å². The van der Waals surface area contributed by atoms with E-state index in [1.807, 2.05) is 36.9 Å². The van der Waals surface area contributed by atoms with E-state index in [2.05, 4.69) is 0 Å². The number of anilines is 3. The molecule has 2 heterocycles. The van der Waals surface area contributed by atoms with Gasteiger partial charge in [0.05, 0.1) is 24.9 Å². The van der Waals surface area contributed by atoms with Crippen molar-refractivity contribution in [3.8, 4) is 11.8 Å². The van der Waals surface area contributed by atoms with Crippen LogP contribution in [0.4, 0.5) is 26.2 Å². The molecule has 1 saturated heterocycles. The Balaban J connectivity index is 1.82. The van der Waals surface area contributed by atoms with Gasteiger partial charge in [0.25, 0.3) is 0 Å². The van der Waals surface area contributed by atoms with Crippen LogP contribution in [0.1, 0.15) is 60.7 Å². The minimum absolute atomic E-state index is 0.0557. The predicted octanol–water partition coefficient (Wildman–Crippen LogP) is 5.35. The number of amides is 1. The van der Waals surface area contributed by atoms with Gasteiger partial charge in [-0.25, -0.2) is 14.0 Å². The van der Waals surface area contributed by atoms with Gasteiger partial charge in [0.1, 0.15) is 11.8 Å². The zero-order valence-corrected chi connectivity index (χ0v) is 24.4. The van der Waals surface area contributed by atoms with E-state index in [4.69, 9.17) is 14.7 Å². The molecule has 0 saturated carbocycles. The van der Waals surface area contributed by atoms with Crippen molar-refractivity contribution in [3.05, 3.63) is 58.0 Å². The fourth-order valence-electron chi connectivity index (χ4n) is 5.40. The molecule has 1 N–H and O–H groups in total. The average molecular weight is 579 g/mol. The summed E-state index contributed by atoms with van der Waals surface area (Å²) in [4.78, 5) is 41.4. The van der Waals surface area contributed by atoms with E-state index in [9.17, 15) is 19.5 Å². The summed E-state index contributed by atoms with van der Waals surface area (Å²) in [7, 11) is 1.41. The Hall–Kier alpha value is -4.59. The monoisotopic (exact) mass is 578 g/mol. The summed E-state index contributed by atoms with van der Waals surface area (Å²) >= 11 is 0. The molecule has 2 atom stereocenters. The Labute approximate surface area is 244 Å². The summed E-state index contributed by atoms with van der Waals surface area (Å²) in [6, 6.07) is 7.31. The molecule has 0 aromatic heterocycles. The smallest absolute Gasteiger partial charge is 0.415 e. The molecule has 0 bridgehead atoms. The molecular formula is C31H35FN4O6. The maximum atomic E-state index is 16.2. The van der Waals surface area contributed by atoms with Gasteiger partial charge in [0, 0.05) is 36.6 Å². The Bertz CT molecular complexity index is 1480. The molecule has 2 aromatic rings. The number of hydrogen-bond acceptors (Lipinski definition) is 8. The number of halogens is 1. The van der Waals surface area contributed by atoms with Crippen LogP contribution >= 0.6 is 0 Å². The molecule has 1 amide bonds. The molecule has 42 heavy (non-hydrogen) atoms. The van der Waals surface area contributed by atoms with Crippen LogP contribution in [0.5, 0.6) is 5.75 Å². The lowest BCUT2D eigenvalue weighted by Crippen LogP contribution is -2.31. The maximum Gasteiger partial charge on any atom is 0.415 e. The molecule has 0 radical (unpaired) electrons. The summed E-state index contributed by atoms with van der Waals surface area (Å²) < 4.78 is 27.1. The van der Waals surface area contributed by atoms with Crippen molar-refractivity contribution in [2.24, 2.45) is 0 Å². The minimum atomic E-state index is -1.11. The van der Waals surface area contributed by atoms with E-state index in [0.29, 0.717) is 50.0 Å². The van der Waals surface area contributed by atoms with Gasteiger partial charge in [-0.15, -0.1) is 0 Å². The number of aldehydes is 1. The number of rotatable bonds is 9. The number of nitriles is 1. The molecule has 0 aliphatic carbocycles. The van der Waals surface area contributed by atoms with E-state index in [1.165, 1.54) is 32.1 Å². The summed E-state index contributed by atoms with van der Waals surface area (Å²) in [5.74, 6) is -1.54. The standard InChI is InChI=1S/C31H35FN4O6/c1-6-19(3)35(14-18(2)30(38)39)27-25(17-37)20(4)26(32)28(29(27)41-5)34-11-7-8-21-12-23(10-9-22(21)15-34)36-16-24(13-33)42-31(36)40/h9-10,12,14,17,19,24H,6-8,11,15-16H2,1-5H3,(H,38,39)/b18-14+.